The van der Waals surface area contributed by atoms with Gasteiger partial charge in [0.05, 0.1) is 17.1 Å². The molecule has 35 heavy (non-hydrogen) atoms. The second-order valence-electron chi connectivity index (χ2n) is 8.35. The predicted molar refractivity (Wildman–Crippen MR) is 137 cm³/mol. The topological polar surface area (TPSA) is 139 Å². The molecule has 0 radical (unpaired) electrons. The highest BCUT2D eigenvalue weighted by atomic mass is 16.1. The molecule has 4 rings (SSSR count). The van der Waals surface area contributed by atoms with Crippen LogP contribution in [0.4, 0.5) is 11.4 Å². The lowest BCUT2D eigenvalue weighted by Gasteiger charge is -2.28. The van der Waals surface area contributed by atoms with E-state index in [1.807, 2.05) is 43.6 Å². The maximum Gasteiger partial charge on any atom is 0.251 e. The number of rotatable bonds is 7. The summed E-state index contributed by atoms with van der Waals surface area (Å²) in [6, 6.07) is 17.0. The van der Waals surface area contributed by atoms with Gasteiger partial charge in [-0.3, -0.25) is 15.0 Å². The number of carbonyl (C=O) groups excluding carboxylic acids is 2. The molecule has 0 spiro atoms. The van der Waals surface area contributed by atoms with Crippen molar-refractivity contribution in [2.75, 3.05) is 5.32 Å². The SMILES string of the molecule is CC(=O)C1(NN=C(N)N)C=CC(NC(=O)c2ccc(Nc3cc[n+](C)c4ccccc34)cc2)C=C1. The first-order chi connectivity index (χ1) is 16.8. The van der Waals surface area contributed by atoms with E-state index in [0.29, 0.717) is 5.56 Å². The van der Waals surface area contributed by atoms with Crippen molar-refractivity contribution in [3.63, 3.8) is 0 Å². The van der Waals surface area contributed by atoms with Crippen LogP contribution in [0.15, 0.2) is 90.2 Å². The van der Waals surface area contributed by atoms with E-state index in [4.69, 9.17) is 11.5 Å². The highest BCUT2D eigenvalue weighted by molar-refractivity contribution is 5.96. The number of guanidine groups is 1. The van der Waals surface area contributed by atoms with Crippen LogP contribution in [0.3, 0.4) is 0 Å². The maximum absolute atomic E-state index is 12.8. The zero-order valence-electron chi connectivity index (χ0n) is 19.5. The molecule has 3 aromatic rings. The highest BCUT2D eigenvalue weighted by Crippen LogP contribution is 2.24. The lowest BCUT2D eigenvalue weighted by Crippen LogP contribution is -2.49. The van der Waals surface area contributed by atoms with Crippen LogP contribution in [-0.4, -0.2) is 29.2 Å². The third-order valence-electron chi connectivity index (χ3n) is 5.85. The number of hydrogen-bond acceptors (Lipinski definition) is 5. The molecule has 0 saturated heterocycles. The number of aromatic nitrogens is 1. The second-order valence-corrected chi connectivity index (χ2v) is 8.35. The minimum Gasteiger partial charge on any atom is -0.369 e. The Morgan fingerprint density at radius 2 is 1.69 bits per heavy atom. The summed E-state index contributed by atoms with van der Waals surface area (Å²) in [4.78, 5) is 24.9. The first-order valence-electron chi connectivity index (χ1n) is 11.1. The molecular formula is C26H28N7O2+. The molecule has 1 aromatic heterocycles. The number of nitrogens with zero attached hydrogens (tertiary/aromatic N) is 2. The summed E-state index contributed by atoms with van der Waals surface area (Å²) in [5, 5.41) is 11.2. The number of nitrogens with one attached hydrogen (secondary N) is 3. The summed E-state index contributed by atoms with van der Waals surface area (Å²) in [5.41, 5.74) is 15.7. The minimum absolute atomic E-state index is 0.185. The number of pyridine rings is 1. The van der Waals surface area contributed by atoms with Crippen LogP contribution >= 0.6 is 0 Å². The van der Waals surface area contributed by atoms with E-state index in [0.717, 1.165) is 22.3 Å². The second kappa shape index (κ2) is 9.68. The maximum atomic E-state index is 12.8. The molecule has 1 heterocycles. The van der Waals surface area contributed by atoms with Gasteiger partial charge in [-0.05, 0) is 49.4 Å². The van der Waals surface area contributed by atoms with E-state index >= 15 is 0 Å². The Bertz CT molecular complexity index is 1340. The molecule has 1 amide bonds. The molecule has 0 fully saturated rings. The summed E-state index contributed by atoms with van der Waals surface area (Å²) in [7, 11) is 2.01. The summed E-state index contributed by atoms with van der Waals surface area (Å²) in [5.74, 6) is -0.612. The molecule has 0 aliphatic heterocycles. The normalized spacial score (nSPS) is 18.6. The zero-order chi connectivity index (χ0) is 25.0. The van der Waals surface area contributed by atoms with E-state index in [1.165, 1.54) is 6.92 Å². The third kappa shape index (κ3) is 5.14. The molecule has 0 saturated carbocycles. The van der Waals surface area contributed by atoms with Gasteiger partial charge in [0.15, 0.2) is 12.0 Å². The molecule has 178 valence electrons. The van der Waals surface area contributed by atoms with E-state index in [-0.39, 0.29) is 23.7 Å². The van der Waals surface area contributed by atoms with Crippen LogP contribution in [0.25, 0.3) is 10.9 Å². The first kappa shape index (κ1) is 23.5. The van der Waals surface area contributed by atoms with Gasteiger partial charge in [0, 0.05) is 23.4 Å². The Morgan fingerprint density at radius 3 is 2.34 bits per heavy atom. The Kier molecular flexibility index (Phi) is 6.50. The van der Waals surface area contributed by atoms with Crippen LogP contribution in [0.2, 0.25) is 0 Å². The molecule has 1 aliphatic rings. The average molecular weight is 471 g/mol. The van der Waals surface area contributed by atoms with Gasteiger partial charge in [-0.15, -0.1) is 5.10 Å². The van der Waals surface area contributed by atoms with Crippen molar-refractivity contribution in [3.05, 3.63) is 90.7 Å². The van der Waals surface area contributed by atoms with Gasteiger partial charge in [-0.2, -0.15) is 0 Å². The van der Waals surface area contributed by atoms with Gasteiger partial charge in [0.2, 0.25) is 11.5 Å². The number of para-hydroxylation sites is 1. The highest BCUT2D eigenvalue weighted by Gasteiger charge is 2.32. The van der Waals surface area contributed by atoms with Gasteiger partial charge in [-0.25, -0.2) is 4.57 Å². The standard InChI is InChI=1S/C26H27N7O2/c1-17(34)26(32-31-25(27)28)14-11-20(12-15-26)30-24(35)18-7-9-19(10-8-18)29-22-13-16-33(2)23-6-4-3-5-21(22)23/h3-16,20,32H,1-2H3,(H5,27,28,30,31,35)/p+1. The van der Waals surface area contributed by atoms with Crippen LogP contribution < -0.4 is 32.1 Å². The van der Waals surface area contributed by atoms with Crippen molar-refractivity contribution in [3.8, 4) is 0 Å². The van der Waals surface area contributed by atoms with Gasteiger partial charge in [-0.1, -0.05) is 24.3 Å². The van der Waals surface area contributed by atoms with Crippen LogP contribution in [0, 0.1) is 0 Å². The number of Topliss-reactive ketones (excluding diaryl/α,β-unsaturated/α-hetero) is 1. The number of aryl methyl sites for hydroxylation is 1. The Morgan fingerprint density at radius 1 is 1.00 bits per heavy atom. The van der Waals surface area contributed by atoms with Crippen molar-refractivity contribution in [2.45, 2.75) is 18.5 Å². The van der Waals surface area contributed by atoms with Gasteiger partial charge in [0.25, 0.3) is 5.91 Å². The predicted octanol–water partition coefficient (Wildman–Crippen LogP) is 1.74. The van der Waals surface area contributed by atoms with Crippen molar-refractivity contribution < 1.29 is 14.2 Å². The molecule has 7 N–H and O–H groups in total. The summed E-state index contributed by atoms with van der Waals surface area (Å²) in [6.45, 7) is 1.43. The molecular weight excluding hydrogens is 442 g/mol. The summed E-state index contributed by atoms with van der Waals surface area (Å²) < 4.78 is 2.07. The fourth-order valence-corrected chi connectivity index (χ4v) is 3.84. The number of ketones is 1. The van der Waals surface area contributed by atoms with Gasteiger partial charge < -0.3 is 22.1 Å². The van der Waals surface area contributed by atoms with Crippen LogP contribution in [0.5, 0.6) is 0 Å². The van der Waals surface area contributed by atoms with Gasteiger partial charge >= 0.3 is 0 Å². The number of hydrazone groups is 1. The molecule has 9 nitrogen and oxygen atoms in total. The summed E-state index contributed by atoms with van der Waals surface area (Å²) >= 11 is 0. The lowest BCUT2D eigenvalue weighted by molar-refractivity contribution is -0.644. The number of hydrogen-bond donors (Lipinski definition) is 5. The zero-order valence-corrected chi connectivity index (χ0v) is 19.5. The molecule has 0 bridgehead atoms. The smallest absolute Gasteiger partial charge is 0.251 e. The third-order valence-corrected chi connectivity index (χ3v) is 5.85. The Balaban J connectivity index is 1.42. The largest absolute Gasteiger partial charge is 0.369 e. The number of benzene rings is 2. The number of nitrogens with two attached hydrogens (primary N) is 2. The fourth-order valence-electron chi connectivity index (χ4n) is 3.84. The van der Waals surface area contributed by atoms with Gasteiger partial charge in [0.1, 0.15) is 12.6 Å². The van der Waals surface area contributed by atoms with Crippen molar-refractivity contribution in [1.29, 1.82) is 0 Å². The molecule has 1 aliphatic carbocycles. The molecule has 0 unspecified atom stereocenters. The number of anilines is 2. The number of amides is 1. The average Bonchev–Trinajstić information content (AvgIpc) is 2.86. The van der Waals surface area contributed by atoms with Crippen LogP contribution in [0.1, 0.15) is 17.3 Å². The molecule has 2 aromatic carbocycles. The summed E-state index contributed by atoms with van der Waals surface area (Å²) in [6.07, 6.45) is 8.69. The number of fused-ring (bicyclic) bond motifs is 1. The minimum atomic E-state index is -1.16. The number of carbonyl (C=O) groups is 2. The molecule has 0 atom stereocenters. The van der Waals surface area contributed by atoms with Crippen molar-refractivity contribution in [1.82, 2.24) is 10.7 Å². The fraction of sp³-hybridized carbons (Fsp3) is 0.154. The first-order valence-corrected chi connectivity index (χ1v) is 11.1. The lowest BCUT2D eigenvalue weighted by atomic mass is 9.89. The molecule has 9 heteroatoms. The van der Waals surface area contributed by atoms with Crippen molar-refractivity contribution >= 4 is 39.9 Å². The Hall–Kier alpha value is -4.66. The van der Waals surface area contributed by atoms with E-state index in [1.54, 1.807) is 36.4 Å². The van der Waals surface area contributed by atoms with E-state index < -0.39 is 5.54 Å². The van der Waals surface area contributed by atoms with Crippen molar-refractivity contribution in [2.24, 2.45) is 23.6 Å². The van der Waals surface area contributed by atoms with Crippen LogP contribution in [-0.2, 0) is 11.8 Å². The van der Waals surface area contributed by atoms with E-state index in [9.17, 15) is 9.59 Å². The Labute approximate surface area is 203 Å². The monoisotopic (exact) mass is 470 g/mol. The van der Waals surface area contributed by atoms with E-state index in [2.05, 4.69) is 37.9 Å². The quantitative estimate of drug-likeness (QED) is 0.117.